The number of benzene rings is 1. The minimum absolute atomic E-state index is 0.0000127. The molecular weight excluding hydrogens is 357 g/mol. The topological polar surface area (TPSA) is 101 Å². The molecule has 0 spiro atoms. The number of rotatable bonds is 6. The highest BCUT2D eigenvalue weighted by Gasteiger charge is 2.11. The lowest BCUT2D eigenvalue weighted by molar-refractivity contribution is -0.137. The average Bonchev–Trinajstić information content (AvgIpc) is 2.54. The zero-order valence-corrected chi connectivity index (χ0v) is 13.8. The molecule has 0 saturated carbocycles. The molecule has 2 rings (SSSR count). The fourth-order valence-electron chi connectivity index (χ4n) is 1.95. The number of carbonyl (C=O) groups is 2. The summed E-state index contributed by atoms with van der Waals surface area (Å²) in [6.07, 6.45) is 1.54. The van der Waals surface area contributed by atoms with Gasteiger partial charge in [0.15, 0.2) is 0 Å². The van der Waals surface area contributed by atoms with E-state index in [-0.39, 0.29) is 23.0 Å². The number of hydrogen-bond acceptors (Lipinski definition) is 4. The fourth-order valence-corrected chi connectivity index (χ4v) is 2.22. The molecule has 0 aliphatic carbocycles. The summed E-state index contributed by atoms with van der Waals surface area (Å²) in [5, 5.41) is 14.9. The number of nitrogens with zero attached hydrogens (tertiary/aromatic N) is 2. The number of aromatic nitrogens is 2. The molecule has 7 nitrogen and oxygen atoms in total. The molecule has 1 aromatic heterocycles. The first-order valence-corrected chi connectivity index (χ1v) is 7.64. The van der Waals surface area contributed by atoms with Crippen LogP contribution in [0.5, 0.6) is 0 Å². The van der Waals surface area contributed by atoms with Crippen molar-refractivity contribution in [3.05, 3.63) is 56.4 Å². The molecule has 2 N–H and O–H groups in total. The molecule has 0 atom stereocenters. The van der Waals surface area contributed by atoms with Crippen LogP contribution in [0.2, 0.25) is 10.0 Å². The Morgan fingerprint density at radius 3 is 2.75 bits per heavy atom. The van der Waals surface area contributed by atoms with Crippen molar-refractivity contribution < 1.29 is 14.7 Å². The maximum absolute atomic E-state index is 12.0. The molecule has 0 bridgehead atoms. The molecule has 24 heavy (non-hydrogen) atoms. The normalized spacial score (nSPS) is 10.4. The molecule has 9 heteroatoms. The van der Waals surface area contributed by atoms with E-state index in [0.29, 0.717) is 12.1 Å². The van der Waals surface area contributed by atoms with Gasteiger partial charge in [0, 0.05) is 12.1 Å². The van der Waals surface area contributed by atoms with E-state index in [1.54, 1.807) is 24.3 Å². The number of nitrogens with one attached hydrogen (secondary N) is 1. The van der Waals surface area contributed by atoms with Gasteiger partial charge >= 0.3 is 5.97 Å². The first kappa shape index (κ1) is 18.0. The highest BCUT2D eigenvalue weighted by Crippen LogP contribution is 2.15. The van der Waals surface area contributed by atoms with Gasteiger partial charge < -0.3 is 10.4 Å². The zero-order valence-electron chi connectivity index (χ0n) is 12.3. The number of hydrogen-bond donors (Lipinski definition) is 2. The van der Waals surface area contributed by atoms with Crippen LogP contribution < -0.4 is 10.9 Å². The van der Waals surface area contributed by atoms with E-state index in [1.165, 1.54) is 6.20 Å². The second-order valence-corrected chi connectivity index (χ2v) is 5.70. The van der Waals surface area contributed by atoms with Crippen LogP contribution in [0.15, 0.2) is 35.3 Å². The summed E-state index contributed by atoms with van der Waals surface area (Å²) >= 11 is 11.4. The number of carboxylic acid groups (broad SMARTS) is 1. The van der Waals surface area contributed by atoms with Crippen molar-refractivity contribution in [3.8, 4) is 0 Å². The predicted octanol–water partition coefficient (Wildman–Crippen LogP) is 2.21. The third-order valence-electron chi connectivity index (χ3n) is 3.07. The van der Waals surface area contributed by atoms with Crippen LogP contribution >= 0.6 is 23.2 Å². The predicted molar refractivity (Wildman–Crippen MR) is 89.5 cm³/mol. The third kappa shape index (κ3) is 4.81. The van der Waals surface area contributed by atoms with Crippen molar-refractivity contribution in [3.63, 3.8) is 0 Å². The van der Waals surface area contributed by atoms with Gasteiger partial charge in [0.05, 0.1) is 11.2 Å². The maximum atomic E-state index is 12.0. The maximum Gasteiger partial charge on any atom is 0.303 e. The molecule has 0 aliphatic heterocycles. The van der Waals surface area contributed by atoms with Crippen molar-refractivity contribution in [1.29, 1.82) is 0 Å². The number of anilines is 1. The summed E-state index contributed by atoms with van der Waals surface area (Å²) in [6, 6.07) is 6.80. The van der Waals surface area contributed by atoms with Gasteiger partial charge in [-0.15, -0.1) is 0 Å². The number of aryl methyl sites for hydroxylation is 1. The van der Waals surface area contributed by atoms with Gasteiger partial charge in [-0.1, -0.05) is 35.3 Å². The largest absolute Gasteiger partial charge is 0.481 e. The van der Waals surface area contributed by atoms with Gasteiger partial charge in [0.25, 0.3) is 5.56 Å². The second kappa shape index (κ2) is 7.94. The van der Waals surface area contributed by atoms with E-state index in [0.717, 1.165) is 10.2 Å². The Morgan fingerprint density at radius 2 is 2.04 bits per heavy atom. The first-order chi connectivity index (χ1) is 11.4. The molecular formula is C15H13Cl2N3O4. The molecule has 0 fully saturated rings. The number of carboxylic acids is 1. The van der Waals surface area contributed by atoms with Gasteiger partial charge in [-0.2, -0.15) is 5.10 Å². The van der Waals surface area contributed by atoms with E-state index >= 15 is 0 Å². The molecule has 126 valence electrons. The highest BCUT2D eigenvalue weighted by molar-refractivity contribution is 6.41. The molecule has 0 radical (unpaired) electrons. The van der Waals surface area contributed by atoms with Gasteiger partial charge in [-0.25, -0.2) is 4.68 Å². The minimum Gasteiger partial charge on any atom is -0.481 e. The van der Waals surface area contributed by atoms with Crippen LogP contribution in [0.3, 0.4) is 0 Å². The van der Waals surface area contributed by atoms with Crippen LogP contribution in [0.4, 0.5) is 5.69 Å². The molecule has 0 unspecified atom stereocenters. The van der Waals surface area contributed by atoms with Gasteiger partial charge in [-0.3, -0.25) is 14.4 Å². The standard InChI is InChI=1S/C15H13Cl2N3O4/c16-11-7-18-20(15(24)14(11)17)8-12(21)19-10-3-1-2-9(6-10)4-5-13(22)23/h1-3,6-7H,4-5,8H2,(H,19,21)(H,22,23). The Balaban J connectivity index is 2.05. The lowest BCUT2D eigenvalue weighted by Crippen LogP contribution is -2.29. The first-order valence-electron chi connectivity index (χ1n) is 6.88. The van der Waals surface area contributed by atoms with Gasteiger partial charge in [0.2, 0.25) is 5.91 Å². The van der Waals surface area contributed by atoms with Gasteiger partial charge in [-0.05, 0) is 24.1 Å². The van der Waals surface area contributed by atoms with E-state index in [4.69, 9.17) is 28.3 Å². The zero-order chi connectivity index (χ0) is 17.7. The summed E-state index contributed by atoms with van der Waals surface area (Å²) in [4.78, 5) is 34.4. The van der Waals surface area contributed by atoms with Crippen LogP contribution in [0.25, 0.3) is 0 Å². The quantitative estimate of drug-likeness (QED) is 0.812. The van der Waals surface area contributed by atoms with Crippen molar-refractivity contribution in [2.24, 2.45) is 0 Å². The Kier molecular flexibility index (Phi) is 5.94. The summed E-state index contributed by atoms with van der Waals surface area (Å²) in [7, 11) is 0. The summed E-state index contributed by atoms with van der Waals surface area (Å²) in [6.45, 7) is -0.324. The minimum atomic E-state index is -0.894. The molecule has 0 saturated heterocycles. The number of carbonyl (C=O) groups excluding carboxylic acids is 1. The molecule has 2 aromatic rings. The molecule has 1 aromatic carbocycles. The Morgan fingerprint density at radius 1 is 1.29 bits per heavy atom. The van der Waals surface area contributed by atoms with E-state index in [1.807, 2.05) is 0 Å². The van der Waals surface area contributed by atoms with E-state index in [9.17, 15) is 14.4 Å². The summed E-state index contributed by atoms with van der Waals surface area (Å²) in [5.74, 6) is -1.37. The van der Waals surface area contributed by atoms with E-state index < -0.39 is 17.4 Å². The van der Waals surface area contributed by atoms with Gasteiger partial charge in [0.1, 0.15) is 11.6 Å². The van der Waals surface area contributed by atoms with Crippen LogP contribution in [-0.4, -0.2) is 26.8 Å². The third-order valence-corrected chi connectivity index (χ3v) is 3.82. The fraction of sp³-hybridized carbons (Fsp3) is 0.200. The number of amides is 1. The van der Waals surface area contributed by atoms with E-state index in [2.05, 4.69) is 10.4 Å². The molecule has 1 heterocycles. The van der Waals surface area contributed by atoms with Crippen molar-refractivity contribution >= 4 is 40.8 Å². The number of aliphatic carboxylic acids is 1. The Bertz CT molecular complexity index is 836. The monoisotopic (exact) mass is 369 g/mol. The lowest BCUT2D eigenvalue weighted by atomic mass is 10.1. The van der Waals surface area contributed by atoms with Crippen molar-refractivity contribution in [2.45, 2.75) is 19.4 Å². The van der Waals surface area contributed by atoms with Crippen molar-refractivity contribution in [1.82, 2.24) is 9.78 Å². The Hall–Kier alpha value is -2.38. The smallest absolute Gasteiger partial charge is 0.303 e. The molecule has 1 amide bonds. The van der Waals surface area contributed by atoms with Crippen molar-refractivity contribution in [2.75, 3.05) is 5.32 Å². The Labute approximate surface area is 146 Å². The highest BCUT2D eigenvalue weighted by atomic mass is 35.5. The number of halogens is 2. The van der Waals surface area contributed by atoms with Crippen LogP contribution in [0, 0.1) is 0 Å². The SMILES string of the molecule is O=C(O)CCc1cccc(NC(=O)Cn2ncc(Cl)c(Cl)c2=O)c1. The van der Waals surface area contributed by atoms with Crippen LogP contribution in [-0.2, 0) is 22.6 Å². The summed E-state index contributed by atoms with van der Waals surface area (Å²) in [5.41, 5.74) is 0.616. The summed E-state index contributed by atoms with van der Waals surface area (Å²) < 4.78 is 0.901. The van der Waals surface area contributed by atoms with Crippen LogP contribution in [0.1, 0.15) is 12.0 Å². The lowest BCUT2D eigenvalue weighted by Gasteiger charge is -2.08. The second-order valence-electron chi connectivity index (χ2n) is 4.91. The average molecular weight is 370 g/mol. The molecule has 0 aliphatic rings.